The monoisotopic (exact) mass is 659 g/mol. The van der Waals surface area contributed by atoms with Gasteiger partial charge in [-0.25, -0.2) is 4.98 Å². The van der Waals surface area contributed by atoms with Gasteiger partial charge in [-0.05, 0) is 29.8 Å². The Bertz CT molecular complexity index is 1590. The highest BCUT2D eigenvalue weighted by Gasteiger charge is 2.18. The molecule has 13 heteroatoms. The van der Waals surface area contributed by atoms with Gasteiger partial charge in [-0.2, -0.15) is 0 Å². The number of aliphatic hydroxyl groups excluding tert-OH is 2. The number of rotatable bonds is 15. The van der Waals surface area contributed by atoms with E-state index >= 15 is 0 Å². The second kappa shape index (κ2) is 16.6. The van der Waals surface area contributed by atoms with Crippen molar-refractivity contribution in [1.29, 1.82) is 0 Å². The molecule has 0 bridgehead atoms. The van der Waals surface area contributed by atoms with Gasteiger partial charge in [0.1, 0.15) is 18.1 Å². The van der Waals surface area contributed by atoms with E-state index in [1.807, 2.05) is 0 Å². The lowest BCUT2D eigenvalue weighted by Gasteiger charge is -2.16. The molecule has 0 aliphatic carbocycles. The highest BCUT2D eigenvalue weighted by Crippen LogP contribution is 2.41. The summed E-state index contributed by atoms with van der Waals surface area (Å²) < 4.78 is 11.4. The summed E-state index contributed by atoms with van der Waals surface area (Å²) in [4.78, 5) is 21.7. The molecule has 2 aromatic carbocycles. The van der Waals surface area contributed by atoms with Gasteiger partial charge in [-0.3, -0.25) is 9.78 Å². The Morgan fingerprint density at radius 2 is 1.61 bits per heavy atom. The molecule has 0 saturated heterocycles. The van der Waals surface area contributed by atoms with Crippen molar-refractivity contribution in [2.75, 3.05) is 38.7 Å². The molecule has 0 unspecified atom stereocenters. The molecule has 2 aromatic heterocycles. The number of methoxy groups -OCH3 is 1. The van der Waals surface area contributed by atoms with Gasteiger partial charge in [-0.15, -0.1) is 0 Å². The van der Waals surface area contributed by atoms with Gasteiger partial charge in [0.25, 0.3) is 5.91 Å². The first kappa shape index (κ1) is 33.4. The number of nitrogens with zero attached hydrogens (tertiary/aromatic N) is 2. The number of nitrogens with one attached hydrogen (secondary N) is 3. The van der Waals surface area contributed by atoms with Crippen LogP contribution < -0.4 is 25.4 Å². The number of ether oxygens (including phenoxy) is 2. The number of aliphatic hydroxyl groups is 2. The van der Waals surface area contributed by atoms with E-state index in [-0.39, 0.29) is 25.7 Å². The average molecular weight is 661 g/mol. The lowest BCUT2D eigenvalue weighted by molar-refractivity contribution is 0.102. The molecule has 232 valence electrons. The van der Waals surface area contributed by atoms with E-state index in [0.29, 0.717) is 80.9 Å². The van der Waals surface area contributed by atoms with Crippen molar-refractivity contribution in [3.8, 4) is 22.8 Å². The third-order valence-electron chi connectivity index (χ3n) is 6.42. The zero-order valence-electron chi connectivity index (χ0n) is 23.9. The fraction of sp³-hybridized carbons (Fsp3) is 0.258. The smallest absolute Gasteiger partial charge is 0.257 e. The first-order valence-electron chi connectivity index (χ1n) is 13.7. The number of halogens is 3. The van der Waals surface area contributed by atoms with Crippen molar-refractivity contribution < 1.29 is 24.5 Å². The molecule has 10 nitrogen and oxygen atoms in total. The van der Waals surface area contributed by atoms with Crippen LogP contribution in [-0.4, -0.2) is 59.5 Å². The molecule has 0 spiro atoms. The zero-order valence-corrected chi connectivity index (χ0v) is 26.1. The predicted octanol–water partition coefficient (Wildman–Crippen LogP) is 5.11. The third kappa shape index (κ3) is 8.58. The van der Waals surface area contributed by atoms with Gasteiger partial charge in [0.05, 0.1) is 46.6 Å². The van der Waals surface area contributed by atoms with Crippen molar-refractivity contribution >= 4 is 46.4 Å². The van der Waals surface area contributed by atoms with Gasteiger partial charge in [0.15, 0.2) is 0 Å². The Kier molecular flexibility index (Phi) is 12.6. The molecule has 4 rings (SSSR count). The maximum atomic E-state index is 13.0. The second-order valence-corrected chi connectivity index (χ2v) is 10.7. The van der Waals surface area contributed by atoms with Crippen molar-refractivity contribution in [2.24, 2.45) is 0 Å². The zero-order chi connectivity index (χ0) is 31.5. The molecule has 0 aliphatic rings. The van der Waals surface area contributed by atoms with Crippen molar-refractivity contribution in [1.82, 2.24) is 20.6 Å². The van der Waals surface area contributed by atoms with Crippen LogP contribution in [0.1, 0.15) is 27.2 Å². The first-order valence-corrected chi connectivity index (χ1v) is 14.8. The molecule has 0 fully saturated rings. The van der Waals surface area contributed by atoms with Crippen LogP contribution in [0.3, 0.4) is 0 Å². The maximum absolute atomic E-state index is 13.0. The van der Waals surface area contributed by atoms with Crippen molar-refractivity contribution in [3.05, 3.63) is 98.4 Å². The fourth-order valence-corrected chi connectivity index (χ4v) is 5.07. The largest absolute Gasteiger partial charge is 0.486 e. The quantitative estimate of drug-likeness (QED) is 0.110. The molecule has 0 aliphatic heterocycles. The molecule has 0 radical (unpaired) electrons. The van der Waals surface area contributed by atoms with Crippen molar-refractivity contribution in [2.45, 2.75) is 19.7 Å². The number of carbonyl (C=O) groups excluding carboxylic acids is 1. The minimum absolute atomic E-state index is 0.0108. The van der Waals surface area contributed by atoms with E-state index in [9.17, 15) is 4.79 Å². The minimum atomic E-state index is -0.376. The molecule has 2 heterocycles. The summed E-state index contributed by atoms with van der Waals surface area (Å²) in [6.45, 7) is 1.80. The standard InChI is InChI=1S/C31H32Cl3N5O5/c1-43-31-21(17-36-9-11-41)13-24(32)26(39-31)18-44-27-7-3-5-23(29(27)34)22-4-2-6-25(28(22)33)38-30(42)20-12-19(15-37-16-20)14-35-8-10-40/h2-7,12-13,15-16,35-36,40-41H,8-11,14,17-18H2,1H3,(H,38,42). The molecular weight excluding hydrogens is 629 g/mol. The van der Waals surface area contributed by atoms with E-state index < -0.39 is 0 Å². The molecule has 1 amide bonds. The lowest BCUT2D eigenvalue weighted by atomic mass is 10.0. The first-order chi connectivity index (χ1) is 21.4. The van der Waals surface area contributed by atoms with Crippen LogP contribution in [0.2, 0.25) is 15.1 Å². The number of carbonyl (C=O) groups is 1. The Balaban J connectivity index is 1.51. The number of amides is 1. The Morgan fingerprint density at radius 1 is 0.909 bits per heavy atom. The summed E-state index contributed by atoms with van der Waals surface area (Å²) in [5, 5.41) is 28.0. The number of anilines is 1. The summed E-state index contributed by atoms with van der Waals surface area (Å²) in [6, 6.07) is 14.0. The SMILES string of the molecule is COc1nc(COc2cccc(-c3cccc(NC(=O)c4cncc(CNCCO)c4)c3Cl)c2Cl)c(Cl)cc1CNCCO. The van der Waals surface area contributed by atoms with Crippen LogP contribution in [-0.2, 0) is 19.7 Å². The summed E-state index contributed by atoms with van der Waals surface area (Å²) >= 11 is 20.1. The summed E-state index contributed by atoms with van der Waals surface area (Å²) in [5.41, 5.74) is 3.97. The van der Waals surface area contributed by atoms with Gasteiger partial charge >= 0.3 is 0 Å². The normalized spacial score (nSPS) is 11.0. The molecule has 4 aromatic rings. The number of pyridine rings is 2. The van der Waals surface area contributed by atoms with Gasteiger partial charge in [0.2, 0.25) is 5.88 Å². The second-order valence-electron chi connectivity index (χ2n) is 9.50. The fourth-order valence-electron chi connectivity index (χ4n) is 4.28. The van der Waals surface area contributed by atoms with E-state index in [1.54, 1.807) is 54.7 Å². The van der Waals surface area contributed by atoms with Gasteiger partial charge < -0.3 is 35.6 Å². The van der Waals surface area contributed by atoms with Crippen molar-refractivity contribution in [3.63, 3.8) is 0 Å². The Labute approximate surface area is 270 Å². The number of benzene rings is 2. The topological polar surface area (TPSA) is 138 Å². The summed E-state index contributed by atoms with van der Waals surface area (Å²) in [5.74, 6) is 0.404. The van der Waals surface area contributed by atoms with Crippen LogP contribution in [0.25, 0.3) is 11.1 Å². The minimum Gasteiger partial charge on any atom is -0.486 e. The summed E-state index contributed by atoms with van der Waals surface area (Å²) in [7, 11) is 1.52. The van der Waals surface area contributed by atoms with E-state index in [2.05, 4.69) is 25.9 Å². The van der Waals surface area contributed by atoms with E-state index in [4.69, 9.17) is 54.5 Å². The third-order valence-corrected chi connectivity index (χ3v) is 7.55. The van der Waals surface area contributed by atoms with Gasteiger partial charge in [0, 0.05) is 55.3 Å². The molecule has 44 heavy (non-hydrogen) atoms. The predicted molar refractivity (Wildman–Crippen MR) is 172 cm³/mol. The van der Waals surface area contributed by atoms with Crippen LogP contribution in [0, 0.1) is 0 Å². The van der Waals surface area contributed by atoms with Crippen LogP contribution in [0.15, 0.2) is 60.9 Å². The maximum Gasteiger partial charge on any atom is 0.257 e. The molecular formula is C31H32Cl3N5O5. The number of hydrogen-bond acceptors (Lipinski definition) is 9. The summed E-state index contributed by atoms with van der Waals surface area (Å²) in [6.07, 6.45) is 3.12. The number of hydrogen-bond donors (Lipinski definition) is 5. The molecule has 5 N–H and O–H groups in total. The van der Waals surface area contributed by atoms with Crippen LogP contribution in [0.5, 0.6) is 11.6 Å². The molecule has 0 atom stereocenters. The van der Waals surface area contributed by atoms with E-state index in [1.165, 1.54) is 13.3 Å². The van der Waals surface area contributed by atoms with Gasteiger partial charge in [-0.1, -0.05) is 59.1 Å². The van der Waals surface area contributed by atoms with Crippen LogP contribution in [0.4, 0.5) is 5.69 Å². The highest BCUT2D eigenvalue weighted by molar-refractivity contribution is 6.39. The Morgan fingerprint density at radius 3 is 2.34 bits per heavy atom. The average Bonchev–Trinajstić information content (AvgIpc) is 3.03. The Hall–Kier alpha value is -3.48. The van der Waals surface area contributed by atoms with E-state index in [0.717, 1.165) is 11.1 Å². The van der Waals surface area contributed by atoms with Crippen LogP contribution >= 0.6 is 34.8 Å². The highest BCUT2D eigenvalue weighted by atomic mass is 35.5. The number of aromatic nitrogens is 2. The molecule has 0 saturated carbocycles. The lowest BCUT2D eigenvalue weighted by Crippen LogP contribution is -2.18.